The van der Waals surface area contributed by atoms with Gasteiger partial charge in [-0.25, -0.2) is 9.97 Å². The number of aromatic nitrogens is 2. The van der Waals surface area contributed by atoms with Crippen LogP contribution in [0.2, 0.25) is 0 Å². The van der Waals surface area contributed by atoms with E-state index < -0.39 is 0 Å². The van der Waals surface area contributed by atoms with E-state index in [1.165, 1.54) is 0 Å². The lowest BCUT2D eigenvalue weighted by Gasteiger charge is -2.03. The molecule has 2 rings (SSSR count). The summed E-state index contributed by atoms with van der Waals surface area (Å²) in [6.07, 6.45) is 0. The third-order valence-electron chi connectivity index (χ3n) is 2.25. The van der Waals surface area contributed by atoms with Gasteiger partial charge in [0, 0.05) is 16.9 Å². The zero-order valence-corrected chi connectivity index (χ0v) is 9.86. The lowest BCUT2D eigenvalue weighted by atomic mass is 10.2. The predicted molar refractivity (Wildman–Crippen MR) is 69.2 cm³/mol. The van der Waals surface area contributed by atoms with Gasteiger partial charge in [-0.15, -0.1) is 0 Å². The molecule has 1 heterocycles. The Morgan fingerprint density at radius 1 is 1.18 bits per heavy atom. The molecule has 0 aliphatic rings. The van der Waals surface area contributed by atoms with Crippen molar-refractivity contribution in [2.75, 3.05) is 5.73 Å². The van der Waals surface area contributed by atoms with Crippen molar-refractivity contribution in [1.82, 2.24) is 9.97 Å². The van der Waals surface area contributed by atoms with Crippen molar-refractivity contribution in [1.29, 1.82) is 0 Å². The first-order valence-corrected chi connectivity index (χ1v) is 5.33. The van der Waals surface area contributed by atoms with Crippen LogP contribution in [0, 0.1) is 18.8 Å². The van der Waals surface area contributed by atoms with Gasteiger partial charge in [0.25, 0.3) is 0 Å². The summed E-state index contributed by atoms with van der Waals surface area (Å²) in [5.74, 6) is 6.44. The number of nitrogen functional groups attached to an aromatic ring is 1. The summed E-state index contributed by atoms with van der Waals surface area (Å²) in [4.78, 5) is 8.79. The highest BCUT2D eigenvalue weighted by molar-refractivity contribution is 5.61. The molecule has 2 aromatic rings. The van der Waals surface area contributed by atoms with Crippen molar-refractivity contribution in [2.24, 2.45) is 0 Å². The molecule has 84 valence electrons. The van der Waals surface area contributed by atoms with Crippen LogP contribution in [0.4, 0.5) is 5.69 Å². The SMILES string of the molecule is CC#Cc1cc(C)nc(-c2cccc(N)c2)n1. The summed E-state index contributed by atoms with van der Waals surface area (Å²) >= 11 is 0. The van der Waals surface area contributed by atoms with Gasteiger partial charge in [0.2, 0.25) is 0 Å². The number of benzene rings is 1. The van der Waals surface area contributed by atoms with Crippen molar-refractivity contribution >= 4 is 5.69 Å². The van der Waals surface area contributed by atoms with Crippen LogP contribution in [-0.4, -0.2) is 9.97 Å². The standard InChI is InChI=1S/C14H13N3/c1-3-5-13-8-10(2)16-14(17-13)11-6-4-7-12(15)9-11/h4,6-9H,15H2,1-2H3. The molecule has 1 aromatic heterocycles. The van der Waals surface area contributed by atoms with Crippen LogP contribution in [0.5, 0.6) is 0 Å². The summed E-state index contributed by atoms with van der Waals surface area (Å²) in [6.45, 7) is 3.72. The van der Waals surface area contributed by atoms with E-state index in [9.17, 15) is 0 Å². The fourth-order valence-corrected chi connectivity index (χ4v) is 1.57. The van der Waals surface area contributed by atoms with Crippen LogP contribution in [-0.2, 0) is 0 Å². The van der Waals surface area contributed by atoms with Crippen molar-refractivity contribution in [3.05, 3.63) is 41.7 Å². The number of rotatable bonds is 1. The second kappa shape index (κ2) is 4.67. The van der Waals surface area contributed by atoms with E-state index in [2.05, 4.69) is 21.8 Å². The molecule has 0 bridgehead atoms. The highest BCUT2D eigenvalue weighted by Gasteiger charge is 2.04. The van der Waals surface area contributed by atoms with E-state index in [1.807, 2.05) is 37.3 Å². The van der Waals surface area contributed by atoms with E-state index in [1.54, 1.807) is 6.92 Å². The molecule has 0 saturated heterocycles. The summed E-state index contributed by atoms with van der Waals surface area (Å²) in [7, 11) is 0. The van der Waals surface area contributed by atoms with Gasteiger partial charge >= 0.3 is 0 Å². The van der Waals surface area contributed by atoms with Gasteiger partial charge in [0.15, 0.2) is 5.82 Å². The molecule has 1 aromatic carbocycles. The minimum Gasteiger partial charge on any atom is -0.399 e. The maximum atomic E-state index is 5.75. The van der Waals surface area contributed by atoms with Gasteiger partial charge < -0.3 is 5.73 Å². The van der Waals surface area contributed by atoms with Crippen LogP contribution in [0.1, 0.15) is 18.3 Å². The van der Waals surface area contributed by atoms with Gasteiger partial charge in [-0.2, -0.15) is 0 Å². The molecule has 3 nitrogen and oxygen atoms in total. The lowest BCUT2D eigenvalue weighted by Crippen LogP contribution is -1.96. The highest BCUT2D eigenvalue weighted by Crippen LogP contribution is 2.18. The fraction of sp³-hybridized carbons (Fsp3) is 0.143. The molecule has 0 aliphatic carbocycles. The van der Waals surface area contributed by atoms with Crippen LogP contribution in [0.3, 0.4) is 0 Å². The van der Waals surface area contributed by atoms with E-state index in [0.717, 1.165) is 17.0 Å². The Morgan fingerprint density at radius 3 is 2.71 bits per heavy atom. The quantitative estimate of drug-likeness (QED) is 0.596. The van der Waals surface area contributed by atoms with Crippen molar-refractivity contribution in [2.45, 2.75) is 13.8 Å². The van der Waals surface area contributed by atoms with Gasteiger partial charge in [-0.3, -0.25) is 0 Å². The molecule has 0 fully saturated rings. The summed E-state index contributed by atoms with van der Waals surface area (Å²) in [6, 6.07) is 9.39. The summed E-state index contributed by atoms with van der Waals surface area (Å²) in [5.41, 5.74) is 8.99. The normalized spacial score (nSPS) is 9.53. The van der Waals surface area contributed by atoms with Gasteiger partial charge in [0.05, 0.1) is 0 Å². The number of aryl methyl sites for hydroxylation is 1. The molecule has 0 aliphatic heterocycles. The van der Waals surface area contributed by atoms with Crippen molar-refractivity contribution in [3.63, 3.8) is 0 Å². The molecular weight excluding hydrogens is 210 g/mol. The molecule has 0 saturated carbocycles. The number of nitrogens with two attached hydrogens (primary N) is 1. The molecular formula is C14H13N3. The maximum absolute atomic E-state index is 5.75. The molecule has 0 unspecified atom stereocenters. The van der Waals surface area contributed by atoms with Crippen LogP contribution < -0.4 is 5.73 Å². The highest BCUT2D eigenvalue weighted by atomic mass is 14.9. The zero-order valence-electron chi connectivity index (χ0n) is 9.86. The molecule has 0 spiro atoms. The second-order valence-electron chi connectivity index (χ2n) is 3.72. The Bertz CT molecular complexity index is 606. The molecule has 3 heteroatoms. The number of hydrogen-bond acceptors (Lipinski definition) is 3. The monoisotopic (exact) mass is 223 g/mol. The van der Waals surface area contributed by atoms with Gasteiger partial charge in [-0.1, -0.05) is 18.1 Å². The van der Waals surface area contributed by atoms with Crippen molar-refractivity contribution in [3.8, 4) is 23.2 Å². The Kier molecular flexibility index (Phi) is 3.06. The third-order valence-corrected chi connectivity index (χ3v) is 2.25. The smallest absolute Gasteiger partial charge is 0.160 e. The maximum Gasteiger partial charge on any atom is 0.160 e. The second-order valence-corrected chi connectivity index (χ2v) is 3.72. The Morgan fingerprint density at radius 2 is 2.00 bits per heavy atom. The van der Waals surface area contributed by atoms with E-state index in [0.29, 0.717) is 11.5 Å². The molecule has 0 atom stereocenters. The average molecular weight is 223 g/mol. The minimum absolute atomic E-state index is 0.662. The zero-order chi connectivity index (χ0) is 12.3. The Hall–Kier alpha value is -2.34. The molecule has 0 amide bonds. The molecule has 2 N–H and O–H groups in total. The Balaban J connectivity index is 2.54. The van der Waals surface area contributed by atoms with Gasteiger partial charge in [0.1, 0.15) is 5.69 Å². The van der Waals surface area contributed by atoms with Crippen LogP contribution >= 0.6 is 0 Å². The largest absolute Gasteiger partial charge is 0.399 e. The van der Waals surface area contributed by atoms with Crippen LogP contribution in [0.25, 0.3) is 11.4 Å². The topological polar surface area (TPSA) is 51.8 Å². The predicted octanol–water partition coefficient (Wildman–Crippen LogP) is 2.41. The van der Waals surface area contributed by atoms with Gasteiger partial charge in [-0.05, 0) is 38.0 Å². The van der Waals surface area contributed by atoms with E-state index in [4.69, 9.17) is 5.73 Å². The average Bonchev–Trinajstić information content (AvgIpc) is 2.28. The first kappa shape index (κ1) is 11.2. The summed E-state index contributed by atoms with van der Waals surface area (Å²) in [5, 5.41) is 0. The van der Waals surface area contributed by atoms with Crippen molar-refractivity contribution < 1.29 is 0 Å². The summed E-state index contributed by atoms with van der Waals surface area (Å²) < 4.78 is 0. The number of hydrogen-bond donors (Lipinski definition) is 1. The Labute approximate surface area is 101 Å². The first-order chi connectivity index (χ1) is 8.19. The first-order valence-electron chi connectivity index (χ1n) is 5.33. The lowest BCUT2D eigenvalue weighted by molar-refractivity contribution is 1.10. The number of anilines is 1. The molecule has 0 radical (unpaired) electrons. The van der Waals surface area contributed by atoms with E-state index in [-0.39, 0.29) is 0 Å². The number of nitrogens with zero attached hydrogens (tertiary/aromatic N) is 2. The minimum atomic E-state index is 0.662. The third kappa shape index (κ3) is 2.61. The molecule has 17 heavy (non-hydrogen) atoms. The fourth-order valence-electron chi connectivity index (χ4n) is 1.57. The van der Waals surface area contributed by atoms with Crippen LogP contribution in [0.15, 0.2) is 30.3 Å². The van der Waals surface area contributed by atoms with E-state index >= 15 is 0 Å².